The van der Waals surface area contributed by atoms with Gasteiger partial charge in [0.05, 0.1) is 18.6 Å². The molecular formula is C17H20N2O4. The van der Waals surface area contributed by atoms with Crippen LogP contribution in [0.5, 0.6) is 0 Å². The van der Waals surface area contributed by atoms with E-state index in [0.717, 1.165) is 23.8 Å². The summed E-state index contributed by atoms with van der Waals surface area (Å²) < 4.78 is 16.7. The van der Waals surface area contributed by atoms with Crippen molar-refractivity contribution in [3.8, 4) is 0 Å². The molecule has 0 bridgehead atoms. The van der Waals surface area contributed by atoms with Crippen LogP contribution in [0.4, 0.5) is 0 Å². The average Bonchev–Trinajstić information content (AvgIpc) is 2.99. The second kappa shape index (κ2) is 5.94. The van der Waals surface area contributed by atoms with Gasteiger partial charge in [0.15, 0.2) is 5.58 Å². The highest BCUT2D eigenvalue weighted by molar-refractivity contribution is 5.86. The molecule has 3 heterocycles. The number of rotatable bonds is 2. The summed E-state index contributed by atoms with van der Waals surface area (Å²) >= 11 is 0. The molecule has 0 radical (unpaired) electrons. The minimum absolute atomic E-state index is 0.0817. The number of carbonyl (C=O) groups is 1. The van der Waals surface area contributed by atoms with Gasteiger partial charge in [0.1, 0.15) is 5.69 Å². The van der Waals surface area contributed by atoms with Crippen molar-refractivity contribution in [3.05, 3.63) is 30.0 Å². The zero-order valence-corrected chi connectivity index (χ0v) is 13.0. The molecule has 0 unspecified atom stereocenters. The molecule has 122 valence electrons. The monoisotopic (exact) mass is 316 g/mol. The van der Waals surface area contributed by atoms with Crippen molar-refractivity contribution >= 4 is 16.9 Å². The number of nitrogens with zero attached hydrogens (tertiary/aromatic N) is 2. The molecular weight excluding hydrogens is 296 g/mol. The van der Waals surface area contributed by atoms with Crippen LogP contribution in [-0.4, -0.2) is 54.5 Å². The lowest BCUT2D eigenvalue weighted by atomic mass is 9.92. The van der Waals surface area contributed by atoms with E-state index >= 15 is 0 Å². The molecule has 1 amide bonds. The summed E-state index contributed by atoms with van der Waals surface area (Å²) in [5.41, 5.74) is 1.20. The number of hydrogen-bond acceptors (Lipinski definition) is 5. The summed E-state index contributed by atoms with van der Waals surface area (Å²) in [7, 11) is 0. The molecule has 6 heteroatoms. The first-order valence-corrected chi connectivity index (χ1v) is 8.09. The number of amides is 1. The fraction of sp³-hybridized carbons (Fsp3) is 0.529. The van der Waals surface area contributed by atoms with E-state index in [1.165, 1.54) is 0 Å². The van der Waals surface area contributed by atoms with E-state index in [-0.39, 0.29) is 17.9 Å². The molecule has 2 fully saturated rings. The summed E-state index contributed by atoms with van der Waals surface area (Å²) in [4.78, 5) is 14.6. The maximum atomic E-state index is 12.7. The summed E-state index contributed by atoms with van der Waals surface area (Å²) in [5, 5.41) is 4.97. The second-order valence-electron chi connectivity index (χ2n) is 6.26. The Bertz CT molecular complexity index is 700. The lowest BCUT2D eigenvalue weighted by molar-refractivity contribution is -0.167. The third-order valence-corrected chi connectivity index (χ3v) is 4.78. The van der Waals surface area contributed by atoms with Crippen molar-refractivity contribution in [3.63, 3.8) is 0 Å². The fourth-order valence-electron chi connectivity index (χ4n) is 3.42. The Hall–Kier alpha value is -1.92. The lowest BCUT2D eigenvalue weighted by Gasteiger charge is -2.44. The molecule has 0 saturated carbocycles. The van der Waals surface area contributed by atoms with Crippen molar-refractivity contribution in [1.82, 2.24) is 10.1 Å². The van der Waals surface area contributed by atoms with Crippen LogP contribution in [0.1, 0.15) is 18.5 Å². The Labute approximate surface area is 134 Å². The van der Waals surface area contributed by atoms with E-state index in [1.54, 1.807) is 0 Å². The highest BCUT2D eigenvalue weighted by Gasteiger charge is 2.39. The largest absolute Gasteiger partial charge is 0.381 e. The van der Waals surface area contributed by atoms with Gasteiger partial charge in [-0.3, -0.25) is 4.79 Å². The lowest BCUT2D eigenvalue weighted by Crippen LogP contribution is -2.56. The van der Waals surface area contributed by atoms with Crippen molar-refractivity contribution in [2.75, 3.05) is 32.9 Å². The van der Waals surface area contributed by atoms with Gasteiger partial charge in [-0.15, -0.1) is 0 Å². The van der Waals surface area contributed by atoms with Crippen LogP contribution in [0.3, 0.4) is 0 Å². The number of fused-ring (bicyclic) bond motifs is 1. The molecule has 2 aliphatic heterocycles. The molecule has 23 heavy (non-hydrogen) atoms. The Kier molecular flexibility index (Phi) is 3.79. The molecule has 6 nitrogen and oxygen atoms in total. The minimum atomic E-state index is -0.224. The average molecular weight is 316 g/mol. The van der Waals surface area contributed by atoms with E-state index in [0.29, 0.717) is 38.6 Å². The SMILES string of the molecule is O=C(Cc1noc2ccccc12)N1CCOC2(CCOCC2)C1. The predicted octanol–water partition coefficient (Wildman–Crippen LogP) is 1.78. The highest BCUT2D eigenvalue weighted by Crippen LogP contribution is 2.29. The van der Waals surface area contributed by atoms with Gasteiger partial charge >= 0.3 is 0 Å². The van der Waals surface area contributed by atoms with Gasteiger partial charge in [-0.2, -0.15) is 0 Å². The van der Waals surface area contributed by atoms with Crippen LogP contribution in [0.25, 0.3) is 11.0 Å². The molecule has 0 aliphatic carbocycles. The zero-order valence-electron chi connectivity index (χ0n) is 13.0. The van der Waals surface area contributed by atoms with Gasteiger partial charge in [-0.1, -0.05) is 17.3 Å². The standard InChI is InChI=1S/C17H20N2O4/c20-16(11-14-13-3-1-2-4-15(13)23-18-14)19-7-10-22-17(12-19)5-8-21-9-6-17/h1-4H,5-12H2. The van der Waals surface area contributed by atoms with Crippen LogP contribution >= 0.6 is 0 Å². The molecule has 2 aliphatic rings. The van der Waals surface area contributed by atoms with Gasteiger partial charge in [0.25, 0.3) is 0 Å². The summed E-state index contributed by atoms with van der Waals surface area (Å²) in [6, 6.07) is 7.63. The maximum absolute atomic E-state index is 12.7. The van der Waals surface area contributed by atoms with E-state index in [4.69, 9.17) is 14.0 Å². The van der Waals surface area contributed by atoms with Crippen LogP contribution in [0.15, 0.2) is 28.8 Å². The molecule has 1 aromatic carbocycles. The number of hydrogen-bond donors (Lipinski definition) is 0. The van der Waals surface area contributed by atoms with Crippen molar-refractivity contribution < 1.29 is 18.8 Å². The van der Waals surface area contributed by atoms with Crippen LogP contribution in [0.2, 0.25) is 0 Å². The van der Waals surface area contributed by atoms with Crippen LogP contribution in [-0.2, 0) is 20.7 Å². The second-order valence-corrected chi connectivity index (χ2v) is 6.26. The Morgan fingerprint density at radius 1 is 1.22 bits per heavy atom. The molecule has 2 aromatic rings. The number of benzene rings is 1. The molecule has 0 N–H and O–H groups in total. The maximum Gasteiger partial charge on any atom is 0.228 e. The van der Waals surface area contributed by atoms with E-state index in [9.17, 15) is 4.79 Å². The summed E-state index contributed by atoms with van der Waals surface area (Å²) in [6.07, 6.45) is 1.97. The first kappa shape index (κ1) is 14.7. The minimum Gasteiger partial charge on any atom is -0.381 e. The highest BCUT2D eigenvalue weighted by atomic mass is 16.5. The molecule has 4 rings (SSSR count). The molecule has 2 saturated heterocycles. The van der Waals surface area contributed by atoms with Crippen molar-refractivity contribution in [1.29, 1.82) is 0 Å². The van der Waals surface area contributed by atoms with E-state index in [1.807, 2.05) is 29.2 Å². The smallest absolute Gasteiger partial charge is 0.228 e. The third-order valence-electron chi connectivity index (χ3n) is 4.78. The molecule has 0 atom stereocenters. The number of ether oxygens (including phenoxy) is 2. The van der Waals surface area contributed by atoms with Gasteiger partial charge in [0.2, 0.25) is 5.91 Å². The summed E-state index contributed by atoms with van der Waals surface area (Å²) in [5.74, 6) is 0.0817. The van der Waals surface area contributed by atoms with E-state index in [2.05, 4.69) is 5.16 Å². The normalized spacial score (nSPS) is 21.0. The number of para-hydroxylation sites is 1. The topological polar surface area (TPSA) is 64.8 Å². The quantitative estimate of drug-likeness (QED) is 0.845. The van der Waals surface area contributed by atoms with Gasteiger partial charge in [-0.05, 0) is 12.1 Å². The van der Waals surface area contributed by atoms with Gasteiger partial charge in [0, 0.05) is 44.5 Å². The number of aromatic nitrogens is 1. The first-order chi connectivity index (χ1) is 11.3. The summed E-state index contributed by atoms with van der Waals surface area (Å²) in [6.45, 7) is 3.28. The third kappa shape index (κ3) is 2.84. The van der Waals surface area contributed by atoms with Gasteiger partial charge in [-0.25, -0.2) is 0 Å². The van der Waals surface area contributed by atoms with Crippen molar-refractivity contribution in [2.45, 2.75) is 24.9 Å². The van der Waals surface area contributed by atoms with Crippen LogP contribution in [0, 0.1) is 0 Å². The predicted molar refractivity (Wildman–Crippen MR) is 83.0 cm³/mol. The first-order valence-electron chi connectivity index (χ1n) is 8.09. The molecule has 1 spiro atoms. The van der Waals surface area contributed by atoms with Crippen LogP contribution < -0.4 is 0 Å². The molecule has 1 aromatic heterocycles. The van der Waals surface area contributed by atoms with Crippen molar-refractivity contribution in [2.24, 2.45) is 0 Å². The Balaban J connectivity index is 1.48. The zero-order chi connectivity index (χ0) is 15.7. The number of carbonyl (C=O) groups excluding carboxylic acids is 1. The van der Waals surface area contributed by atoms with Gasteiger partial charge < -0.3 is 18.9 Å². The van der Waals surface area contributed by atoms with E-state index < -0.39 is 0 Å². The fourth-order valence-corrected chi connectivity index (χ4v) is 3.42. The Morgan fingerprint density at radius 2 is 2.04 bits per heavy atom. The Morgan fingerprint density at radius 3 is 2.91 bits per heavy atom. The number of morpholine rings is 1.